The van der Waals surface area contributed by atoms with Gasteiger partial charge in [0.15, 0.2) is 0 Å². The minimum atomic E-state index is -0.861. The summed E-state index contributed by atoms with van der Waals surface area (Å²) in [5.74, 6) is 0.586. The van der Waals surface area contributed by atoms with Crippen molar-refractivity contribution < 1.29 is 19.0 Å². The Balaban J connectivity index is 1.73. The first-order valence-corrected chi connectivity index (χ1v) is 9.35. The predicted octanol–water partition coefficient (Wildman–Crippen LogP) is 3.25. The van der Waals surface area contributed by atoms with Gasteiger partial charge in [-0.25, -0.2) is 9.07 Å². The Morgan fingerprint density at radius 3 is 2.72 bits per heavy atom. The van der Waals surface area contributed by atoms with Gasteiger partial charge in [-0.3, -0.25) is 9.36 Å². The summed E-state index contributed by atoms with van der Waals surface area (Å²) < 4.78 is 22.1. The molecule has 0 bridgehead atoms. The van der Waals surface area contributed by atoms with Crippen molar-refractivity contribution in [3.05, 3.63) is 64.9 Å². The number of carbonyl (C=O) groups is 1. The molecule has 0 aliphatic carbocycles. The monoisotopic (exact) mass is 416 g/mol. The number of aromatic nitrogens is 3. The number of amides is 1. The Morgan fingerprint density at radius 2 is 2.03 bits per heavy atom. The number of halogens is 1. The lowest BCUT2D eigenvalue weighted by Gasteiger charge is -2.12. The number of aliphatic hydroxyl groups excluding tert-OH is 1. The van der Waals surface area contributed by atoms with E-state index in [1.165, 1.54) is 35.9 Å². The fourth-order valence-corrected chi connectivity index (χ4v) is 3.19. The number of hydrogen-bond donors (Lipinski definition) is 2. The zero-order valence-corrected chi connectivity index (χ0v) is 16.8. The molecule has 1 amide bonds. The topological polar surface area (TPSA) is 81.3 Å². The summed E-state index contributed by atoms with van der Waals surface area (Å²) >= 11 is 5.52. The molecular weight excluding hydrogens is 395 g/mol. The Hall–Kier alpha value is -3.04. The van der Waals surface area contributed by atoms with E-state index in [9.17, 15) is 14.3 Å². The quantitative estimate of drug-likeness (QED) is 0.578. The van der Waals surface area contributed by atoms with Crippen LogP contribution in [-0.2, 0) is 11.3 Å². The van der Waals surface area contributed by atoms with Gasteiger partial charge in [-0.1, -0.05) is 6.07 Å². The SMILES string of the molecule is CC(=O)Nc1cccc(-n2c(C)nn(C[C@@H](O)COc3ccc(F)cc3)c2=S)c1. The smallest absolute Gasteiger partial charge is 0.221 e. The summed E-state index contributed by atoms with van der Waals surface area (Å²) in [6, 6.07) is 12.8. The van der Waals surface area contributed by atoms with Crippen LogP contribution in [-0.4, -0.2) is 38.1 Å². The highest BCUT2D eigenvalue weighted by atomic mass is 32.1. The van der Waals surface area contributed by atoms with Crippen molar-refractivity contribution >= 4 is 23.8 Å². The molecule has 0 spiro atoms. The summed E-state index contributed by atoms with van der Waals surface area (Å²) in [5.41, 5.74) is 1.40. The second-order valence-electron chi connectivity index (χ2n) is 6.50. The molecule has 2 N–H and O–H groups in total. The first kappa shape index (κ1) is 20.7. The second kappa shape index (κ2) is 8.97. The lowest BCUT2D eigenvalue weighted by Crippen LogP contribution is -2.24. The van der Waals surface area contributed by atoms with E-state index in [0.717, 1.165) is 5.69 Å². The molecule has 3 rings (SSSR count). The van der Waals surface area contributed by atoms with Gasteiger partial charge in [0.05, 0.1) is 12.2 Å². The van der Waals surface area contributed by atoms with Gasteiger partial charge in [-0.05, 0) is 61.6 Å². The molecule has 0 aliphatic heterocycles. The Labute approximate surface area is 172 Å². The fourth-order valence-electron chi connectivity index (χ4n) is 2.83. The van der Waals surface area contributed by atoms with Crippen molar-refractivity contribution in [3.8, 4) is 11.4 Å². The van der Waals surface area contributed by atoms with Crippen LogP contribution in [0.15, 0.2) is 48.5 Å². The summed E-state index contributed by atoms with van der Waals surface area (Å²) in [6.07, 6.45) is -0.861. The number of nitrogens with one attached hydrogen (secondary N) is 1. The molecule has 1 heterocycles. The van der Waals surface area contributed by atoms with Crippen LogP contribution in [0.5, 0.6) is 5.75 Å². The van der Waals surface area contributed by atoms with Crippen LogP contribution in [0.3, 0.4) is 0 Å². The Kier molecular flexibility index (Phi) is 6.40. The number of benzene rings is 2. The van der Waals surface area contributed by atoms with Gasteiger partial charge in [-0.2, -0.15) is 5.10 Å². The molecule has 0 radical (unpaired) electrons. The third-order valence-corrected chi connectivity index (χ3v) is 4.46. The molecule has 152 valence electrons. The maximum Gasteiger partial charge on any atom is 0.221 e. The number of ether oxygens (including phenoxy) is 1. The van der Waals surface area contributed by atoms with Gasteiger partial charge < -0.3 is 15.2 Å². The van der Waals surface area contributed by atoms with Gasteiger partial charge in [0.1, 0.15) is 30.1 Å². The summed E-state index contributed by atoms with van der Waals surface area (Å²) in [7, 11) is 0. The molecular formula is C20H21FN4O3S. The largest absolute Gasteiger partial charge is 0.491 e. The van der Waals surface area contributed by atoms with Crippen molar-refractivity contribution in [2.24, 2.45) is 0 Å². The molecule has 29 heavy (non-hydrogen) atoms. The number of rotatable bonds is 7. The van der Waals surface area contributed by atoms with Crippen LogP contribution < -0.4 is 10.1 Å². The highest BCUT2D eigenvalue weighted by Gasteiger charge is 2.14. The van der Waals surface area contributed by atoms with Gasteiger partial charge in [-0.15, -0.1) is 0 Å². The van der Waals surface area contributed by atoms with Crippen LogP contribution in [0.1, 0.15) is 12.7 Å². The Morgan fingerprint density at radius 1 is 1.31 bits per heavy atom. The third-order valence-electron chi connectivity index (χ3n) is 4.07. The summed E-state index contributed by atoms with van der Waals surface area (Å²) in [5, 5.41) is 17.4. The zero-order valence-electron chi connectivity index (χ0n) is 16.0. The molecule has 1 atom stereocenters. The van der Waals surface area contributed by atoms with Gasteiger partial charge >= 0.3 is 0 Å². The average molecular weight is 416 g/mol. The summed E-state index contributed by atoms with van der Waals surface area (Å²) in [6.45, 7) is 3.40. The summed E-state index contributed by atoms with van der Waals surface area (Å²) in [4.78, 5) is 11.3. The Bertz CT molecular complexity index is 1060. The van der Waals surface area contributed by atoms with E-state index in [1.54, 1.807) is 23.6 Å². The van der Waals surface area contributed by atoms with Crippen LogP contribution in [0, 0.1) is 17.5 Å². The van der Waals surface area contributed by atoms with Gasteiger partial charge in [0.25, 0.3) is 0 Å². The molecule has 0 saturated carbocycles. The number of anilines is 1. The van der Waals surface area contributed by atoms with Gasteiger partial charge in [0.2, 0.25) is 10.7 Å². The molecule has 2 aromatic carbocycles. The van der Waals surface area contributed by atoms with Crippen molar-refractivity contribution in [1.29, 1.82) is 0 Å². The molecule has 0 aliphatic rings. The molecule has 9 heteroatoms. The zero-order chi connectivity index (χ0) is 21.0. The molecule has 0 unspecified atom stereocenters. The molecule has 3 aromatic rings. The number of carbonyl (C=O) groups excluding carboxylic acids is 1. The van der Waals surface area contributed by atoms with Crippen LogP contribution in [0.4, 0.5) is 10.1 Å². The van der Waals surface area contributed by atoms with Crippen LogP contribution in [0.2, 0.25) is 0 Å². The van der Waals surface area contributed by atoms with Crippen molar-refractivity contribution in [2.75, 3.05) is 11.9 Å². The minimum absolute atomic E-state index is 0.0112. The van der Waals surface area contributed by atoms with E-state index >= 15 is 0 Å². The van der Waals surface area contributed by atoms with E-state index in [2.05, 4.69) is 10.4 Å². The highest BCUT2D eigenvalue weighted by Crippen LogP contribution is 2.18. The van der Waals surface area contributed by atoms with Crippen LogP contribution >= 0.6 is 12.2 Å². The fraction of sp³-hybridized carbons (Fsp3) is 0.250. The van der Waals surface area contributed by atoms with E-state index in [0.29, 0.717) is 22.0 Å². The molecule has 1 aromatic heterocycles. The number of aliphatic hydroxyl groups is 1. The minimum Gasteiger partial charge on any atom is -0.491 e. The van der Waals surface area contributed by atoms with Crippen LogP contribution in [0.25, 0.3) is 5.69 Å². The number of aryl methyl sites for hydroxylation is 1. The highest BCUT2D eigenvalue weighted by molar-refractivity contribution is 7.71. The van der Waals surface area contributed by atoms with E-state index in [4.69, 9.17) is 17.0 Å². The maximum atomic E-state index is 12.9. The van der Waals surface area contributed by atoms with E-state index in [1.807, 2.05) is 12.1 Å². The second-order valence-corrected chi connectivity index (χ2v) is 6.86. The van der Waals surface area contributed by atoms with Crippen molar-refractivity contribution in [3.63, 3.8) is 0 Å². The third kappa shape index (κ3) is 5.27. The van der Waals surface area contributed by atoms with E-state index in [-0.39, 0.29) is 24.9 Å². The standard InChI is InChI=1S/C20H21FN4O3S/c1-13-23-24(11-18(27)12-28-19-8-6-15(21)7-9-19)20(29)25(13)17-5-3-4-16(10-17)22-14(2)26/h3-10,18,27H,11-12H2,1-2H3,(H,22,26)/t18-/m1/s1. The number of nitrogens with zero attached hydrogens (tertiary/aromatic N) is 3. The first-order chi connectivity index (χ1) is 13.8. The lowest BCUT2D eigenvalue weighted by atomic mass is 10.2. The molecule has 0 fully saturated rings. The molecule has 7 nitrogen and oxygen atoms in total. The molecule has 0 saturated heterocycles. The van der Waals surface area contributed by atoms with Crippen molar-refractivity contribution in [1.82, 2.24) is 14.3 Å². The number of hydrogen-bond acceptors (Lipinski definition) is 5. The van der Waals surface area contributed by atoms with Gasteiger partial charge in [0, 0.05) is 12.6 Å². The predicted molar refractivity (Wildman–Crippen MR) is 109 cm³/mol. The average Bonchev–Trinajstić information content (AvgIpc) is 2.94. The van der Waals surface area contributed by atoms with E-state index < -0.39 is 6.10 Å². The lowest BCUT2D eigenvalue weighted by molar-refractivity contribution is -0.114. The van der Waals surface area contributed by atoms with Crippen molar-refractivity contribution in [2.45, 2.75) is 26.5 Å². The normalized spacial score (nSPS) is 11.9. The first-order valence-electron chi connectivity index (χ1n) is 8.94. The maximum absolute atomic E-state index is 12.9.